The lowest BCUT2D eigenvalue weighted by atomic mass is 10.2. The number of fused-ring (bicyclic) bond motifs is 1. The number of carbonyl (C=O) groups excluding carboxylic acids is 2. The first-order valence-corrected chi connectivity index (χ1v) is 6.21. The highest BCUT2D eigenvalue weighted by molar-refractivity contribution is 6.04. The average molecular weight is 258 g/mol. The maximum atomic E-state index is 12.4. The molecule has 1 fully saturated rings. The standard InChI is InChI=1S/C13H14N4O2/c18-9-16-5-7-17(8-6-16)13(19)12-10-3-1-2-4-11(10)14-15-12/h1-4,9H,5-8H2,(H,14,15). The number of hydrogen-bond acceptors (Lipinski definition) is 3. The summed E-state index contributed by atoms with van der Waals surface area (Å²) in [6, 6.07) is 7.56. The molecule has 0 saturated carbocycles. The van der Waals surface area contributed by atoms with Gasteiger partial charge in [-0.15, -0.1) is 0 Å². The number of benzene rings is 1. The molecule has 0 bridgehead atoms. The third-order valence-corrected chi connectivity index (χ3v) is 3.42. The van der Waals surface area contributed by atoms with Gasteiger partial charge in [0.15, 0.2) is 5.69 Å². The average Bonchev–Trinajstić information content (AvgIpc) is 2.90. The van der Waals surface area contributed by atoms with Crippen molar-refractivity contribution in [3.05, 3.63) is 30.0 Å². The van der Waals surface area contributed by atoms with Crippen molar-refractivity contribution in [2.24, 2.45) is 0 Å². The normalized spacial score (nSPS) is 15.8. The lowest BCUT2D eigenvalue weighted by molar-refractivity contribution is -0.119. The molecule has 1 saturated heterocycles. The van der Waals surface area contributed by atoms with Crippen molar-refractivity contribution in [2.75, 3.05) is 26.2 Å². The maximum Gasteiger partial charge on any atom is 0.275 e. The minimum Gasteiger partial charge on any atom is -0.342 e. The topological polar surface area (TPSA) is 69.3 Å². The molecule has 0 radical (unpaired) electrons. The molecule has 19 heavy (non-hydrogen) atoms. The Hall–Kier alpha value is -2.37. The van der Waals surface area contributed by atoms with Gasteiger partial charge in [-0.2, -0.15) is 5.10 Å². The monoisotopic (exact) mass is 258 g/mol. The molecule has 98 valence electrons. The van der Waals surface area contributed by atoms with Gasteiger partial charge in [-0.3, -0.25) is 14.7 Å². The second kappa shape index (κ2) is 4.72. The molecule has 1 aliphatic heterocycles. The summed E-state index contributed by atoms with van der Waals surface area (Å²) < 4.78 is 0. The fourth-order valence-corrected chi connectivity index (χ4v) is 2.31. The zero-order valence-corrected chi connectivity index (χ0v) is 10.4. The summed E-state index contributed by atoms with van der Waals surface area (Å²) in [6.45, 7) is 2.27. The van der Waals surface area contributed by atoms with Crippen molar-refractivity contribution in [1.29, 1.82) is 0 Å². The van der Waals surface area contributed by atoms with Crippen LogP contribution in [0, 0.1) is 0 Å². The summed E-state index contributed by atoms with van der Waals surface area (Å²) in [6.07, 6.45) is 0.825. The Kier molecular flexibility index (Phi) is 2.91. The highest BCUT2D eigenvalue weighted by Gasteiger charge is 2.24. The van der Waals surface area contributed by atoms with Gasteiger partial charge in [0.05, 0.1) is 5.52 Å². The second-order valence-electron chi connectivity index (χ2n) is 4.55. The molecule has 0 spiro atoms. The van der Waals surface area contributed by atoms with E-state index in [4.69, 9.17) is 0 Å². The van der Waals surface area contributed by atoms with E-state index in [1.807, 2.05) is 24.3 Å². The van der Waals surface area contributed by atoms with Crippen LogP contribution in [-0.2, 0) is 4.79 Å². The number of aromatic amines is 1. The molecule has 1 aliphatic rings. The summed E-state index contributed by atoms with van der Waals surface area (Å²) in [5, 5.41) is 7.81. The molecule has 1 aromatic heterocycles. The predicted molar refractivity (Wildman–Crippen MR) is 69.6 cm³/mol. The first kappa shape index (κ1) is 11.7. The largest absolute Gasteiger partial charge is 0.342 e. The minimum atomic E-state index is -0.0806. The molecule has 6 heteroatoms. The van der Waals surface area contributed by atoms with Gasteiger partial charge in [0, 0.05) is 31.6 Å². The lowest BCUT2D eigenvalue weighted by Crippen LogP contribution is -2.48. The third-order valence-electron chi connectivity index (χ3n) is 3.42. The van der Waals surface area contributed by atoms with Gasteiger partial charge in [-0.25, -0.2) is 0 Å². The van der Waals surface area contributed by atoms with E-state index in [2.05, 4.69) is 10.2 Å². The Morgan fingerprint density at radius 2 is 1.95 bits per heavy atom. The van der Waals surface area contributed by atoms with Gasteiger partial charge in [0.1, 0.15) is 0 Å². The van der Waals surface area contributed by atoms with Crippen LogP contribution in [0.3, 0.4) is 0 Å². The number of H-pyrrole nitrogens is 1. The van der Waals surface area contributed by atoms with Crippen LogP contribution in [0.2, 0.25) is 0 Å². The summed E-state index contributed by atoms with van der Waals surface area (Å²) in [5.74, 6) is -0.0806. The smallest absolute Gasteiger partial charge is 0.275 e. The Morgan fingerprint density at radius 1 is 1.21 bits per heavy atom. The van der Waals surface area contributed by atoms with Crippen molar-refractivity contribution in [3.8, 4) is 0 Å². The zero-order chi connectivity index (χ0) is 13.2. The number of carbonyl (C=O) groups is 2. The minimum absolute atomic E-state index is 0.0806. The predicted octanol–water partition coefficient (Wildman–Crippen LogP) is 0.477. The molecule has 2 heterocycles. The van der Waals surface area contributed by atoms with Crippen LogP contribution in [0.25, 0.3) is 10.9 Å². The number of aromatic nitrogens is 2. The van der Waals surface area contributed by atoms with E-state index >= 15 is 0 Å². The van der Waals surface area contributed by atoms with E-state index in [9.17, 15) is 9.59 Å². The molecule has 6 nitrogen and oxygen atoms in total. The Morgan fingerprint density at radius 3 is 2.68 bits per heavy atom. The van der Waals surface area contributed by atoms with E-state index < -0.39 is 0 Å². The highest BCUT2D eigenvalue weighted by Crippen LogP contribution is 2.17. The first-order valence-electron chi connectivity index (χ1n) is 6.21. The van der Waals surface area contributed by atoms with Crippen LogP contribution in [0.15, 0.2) is 24.3 Å². The van der Waals surface area contributed by atoms with Gasteiger partial charge >= 0.3 is 0 Å². The van der Waals surface area contributed by atoms with Gasteiger partial charge in [0.2, 0.25) is 6.41 Å². The first-order chi connectivity index (χ1) is 9.29. The summed E-state index contributed by atoms with van der Waals surface area (Å²) in [7, 11) is 0. The van der Waals surface area contributed by atoms with Crippen LogP contribution in [0.1, 0.15) is 10.5 Å². The lowest BCUT2D eigenvalue weighted by Gasteiger charge is -2.32. The van der Waals surface area contributed by atoms with Crippen LogP contribution in [0.4, 0.5) is 0 Å². The number of hydrogen-bond donors (Lipinski definition) is 1. The van der Waals surface area contributed by atoms with Crippen LogP contribution in [0.5, 0.6) is 0 Å². The van der Waals surface area contributed by atoms with E-state index in [1.165, 1.54) is 0 Å². The van der Waals surface area contributed by atoms with Crippen LogP contribution < -0.4 is 0 Å². The number of nitrogens with zero attached hydrogens (tertiary/aromatic N) is 3. The van der Waals surface area contributed by atoms with E-state index in [-0.39, 0.29) is 5.91 Å². The maximum absolute atomic E-state index is 12.4. The number of para-hydroxylation sites is 1. The van der Waals surface area contributed by atoms with Crippen LogP contribution in [-0.4, -0.2) is 58.5 Å². The number of piperazine rings is 1. The molecule has 2 amide bonds. The fourth-order valence-electron chi connectivity index (χ4n) is 2.31. The van der Waals surface area contributed by atoms with Crippen molar-refractivity contribution in [3.63, 3.8) is 0 Å². The number of amides is 2. The molecular formula is C13H14N4O2. The second-order valence-corrected chi connectivity index (χ2v) is 4.55. The van der Waals surface area contributed by atoms with Gasteiger partial charge in [-0.05, 0) is 6.07 Å². The molecular weight excluding hydrogens is 244 g/mol. The molecule has 0 atom stereocenters. The summed E-state index contributed by atoms with van der Waals surface area (Å²) >= 11 is 0. The molecule has 1 aromatic carbocycles. The SMILES string of the molecule is O=CN1CCN(C(=O)c2n[nH]c3ccccc23)CC1. The van der Waals surface area contributed by atoms with E-state index in [0.29, 0.717) is 31.9 Å². The van der Waals surface area contributed by atoms with Gasteiger partial charge < -0.3 is 9.80 Å². The van der Waals surface area contributed by atoms with Crippen LogP contribution >= 0.6 is 0 Å². The quantitative estimate of drug-likeness (QED) is 0.796. The zero-order valence-electron chi connectivity index (χ0n) is 10.4. The van der Waals surface area contributed by atoms with Crippen molar-refractivity contribution < 1.29 is 9.59 Å². The third kappa shape index (κ3) is 2.05. The molecule has 3 rings (SSSR count). The number of rotatable bonds is 2. The highest BCUT2D eigenvalue weighted by atomic mass is 16.2. The summed E-state index contributed by atoms with van der Waals surface area (Å²) in [5.41, 5.74) is 1.31. The van der Waals surface area contributed by atoms with Crippen molar-refractivity contribution in [2.45, 2.75) is 0 Å². The molecule has 2 aromatic rings. The van der Waals surface area contributed by atoms with Gasteiger partial charge in [-0.1, -0.05) is 18.2 Å². The van der Waals surface area contributed by atoms with Gasteiger partial charge in [0.25, 0.3) is 5.91 Å². The number of nitrogens with one attached hydrogen (secondary N) is 1. The van der Waals surface area contributed by atoms with E-state index in [1.54, 1.807) is 9.80 Å². The Balaban J connectivity index is 1.82. The summed E-state index contributed by atoms with van der Waals surface area (Å²) in [4.78, 5) is 26.5. The van der Waals surface area contributed by atoms with Crippen molar-refractivity contribution in [1.82, 2.24) is 20.0 Å². The Labute approximate surface area is 110 Å². The molecule has 0 aliphatic carbocycles. The molecule has 1 N–H and O–H groups in total. The van der Waals surface area contributed by atoms with Crippen molar-refractivity contribution >= 4 is 23.2 Å². The molecule has 0 unspecified atom stereocenters. The van der Waals surface area contributed by atoms with E-state index in [0.717, 1.165) is 17.3 Å². The fraction of sp³-hybridized carbons (Fsp3) is 0.308. The Bertz CT molecular complexity index is 614.